The smallest absolute Gasteiger partial charge is 0.216 e. The van der Waals surface area contributed by atoms with Crippen LogP contribution in [0.4, 0.5) is 0 Å². The van der Waals surface area contributed by atoms with Crippen molar-refractivity contribution in [1.29, 1.82) is 0 Å². The van der Waals surface area contributed by atoms with Crippen molar-refractivity contribution in [2.75, 3.05) is 13.7 Å². The molecule has 4 rings (SSSR count). The van der Waals surface area contributed by atoms with E-state index in [-0.39, 0.29) is 23.5 Å². The zero-order chi connectivity index (χ0) is 14.3. The fourth-order valence-corrected chi connectivity index (χ4v) is 3.31. The van der Waals surface area contributed by atoms with Crippen LogP contribution in [0, 0.1) is 0 Å². The minimum Gasteiger partial charge on any atom is -0.507 e. The highest BCUT2D eigenvalue weighted by molar-refractivity contribution is 6.11. The zero-order valence-corrected chi connectivity index (χ0v) is 10.5. The van der Waals surface area contributed by atoms with Gasteiger partial charge in [-0.25, -0.2) is 0 Å². The fraction of sp³-hybridized carbons (Fsp3) is 0.462. The minimum absolute atomic E-state index is 0.0593. The number of carbonyl (C=O) groups is 1. The summed E-state index contributed by atoms with van der Waals surface area (Å²) in [5.74, 6) is -0.582. The van der Waals surface area contributed by atoms with Gasteiger partial charge in [-0.1, -0.05) is 0 Å². The summed E-state index contributed by atoms with van der Waals surface area (Å²) in [5, 5.41) is 30.3. The van der Waals surface area contributed by atoms with Crippen molar-refractivity contribution in [3.05, 3.63) is 23.3 Å². The molecular weight excluding hydrogens is 268 g/mol. The van der Waals surface area contributed by atoms with E-state index in [0.29, 0.717) is 5.75 Å². The summed E-state index contributed by atoms with van der Waals surface area (Å²) in [6, 6.07) is 2.75. The molecule has 0 spiro atoms. The van der Waals surface area contributed by atoms with Gasteiger partial charge in [-0.3, -0.25) is 4.79 Å². The van der Waals surface area contributed by atoms with E-state index < -0.39 is 29.4 Å². The number of Topliss-reactive ketones (excluding diaryl/α,β-unsaturated/α-hetero) is 1. The van der Waals surface area contributed by atoms with E-state index in [1.54, 1.807) is 0 Å². The molecule has 0 radical (unpaired) electrons. The second kappa shape index (κ2) is 3.32. The Morgan fingerprint density at radius 1 is 1.40 bits per heavy atom. The Morgan fingerprint density at radius 2 is 2.15 bits per heavy atom. The fourth-order valence-electron chi connectivity index (χ4n) is 3.31. The molecule has 0 amide bonds. The highest BCUT2D eigenvalue weighted by Crippen LogP contribution is 2.66. The molecule has 20 heavy (non-hydrogen) atoms. The Kier molecular flexibility index (Phi) is 2.01. The van der Waals surface area contributed by atoms with Crippen molar-refractivity contribution >= 4 is 5.78 Å². The lowest BCUT2D eigenvalue weighted by Gasteiger charge is -2.26. The van der Waals surface area contributed by atoms with Gasteiger partial charge in [0, 0.05) is 11.6 Å². The Morgan fingerprint density at radius 3 is 2.85 bits per heavy atom. The predicted molar refractivity (Wildman–Crippen MR) is 62.5 cm³/mol. The van der Waals surface area contributed by atoms with E-state index >= 15 is 0 Å². The highest BCUT2D eigenvalue weighted by atomic mass is 16.8. The third-order valence-electron chi connectivity index (χ3n) is 4.39. The lowest BCUT2D eigenvalue weighted by Crippen LogP contribution is -2.46. The number of methoxy groups -OCH3 is 1. The second-order valence-corrected chi connectivity index (χ2v) is 5.23. The van der Waals surface area contributed by atoms with Crippen LogP contribution >= 0.6 is 0 Å². The number of phenols is 1. The van der Waals surface area contributed by atoms with Crippen LogP contribution in [0.5, 0.6) is 11.5 Å². The second-order valence-electron chi connectivity index (χ2n) is 5.23. The average Bonchev–Trinajstić information content (AvgIpc) is 3.06. The van der Waals surface area contributed by atoms with Crippen LogP contribution < -0.4 is 4.74 Å². The summed E-state index contributed by atoms with van der Waals surface area (Å²) >= 11 is 0. The lowest BCUT2D eigenvalue weighted by molar-refractivity contribution is -0.132. The van der Waals surface area contributed by atoms with Gasteiger partial charge in [0.25, 0.3) is 0 Å². The molecule has 3 aliphatic rings. The van der Waals surface area contributed by atoms with Crippen molar-refractivity contribution in [3.63, 3.8) is 0 Å². The van der Waals surface area contributed by atoms with E-state index in [1.165, 1.54) is 19.2 Å². The molecule has 3 N–H and O–H groups in total. The van der Waals surface area contributed by atoms with Gasteiger partial charge in [-0.2, -0.15) is 0 Å². The van der Waals surface area contributed by atoms with Crippen LogP contribution in [-0.4, -0.2) is 52.3 Å². The molecule has 0 saturated carbocycles. The first kappa shape index (κ1) is 12.1. The molecule has 0 unspecified atom stereocenters. The van der Waals surface area contributed by atoms with Gasteiger partial charge < -0.3 is 29.5 Å². The van der Waals surface area contributed by atoms with Gasteiger partial charge in [0.2, 0.25) is 11.4 Å². The number of carbonyl (C=O) groups excluding carboxylic acids is 1. The predicted octanol–water partition coefficient (Wildman–Crippen LogP) is -0.513. The van der Waals surface area contributed by atoms with Gasteiger partial charge in [0.15, 0.2) is 11.9 Å². The third-order valence-corrected chi connectivity index (χ3v) is 4.39. The molecule has 7 nitrogen and oxygen atoms in total. The number of ketones is 1. The highest BCUT2D eigenvalue weighted by Gasteiger charge is 2.87. The normalized spacial score (nSPS) is 40.9. The van der Waals surface area contributed by atoms with E-state index in [1.807, 2.05) is 0 Å². The first-order chi connectivity index (χ1) is 9.48. The molecule has 106 valence electrons. The maximum absolute atomic E-state index is 12.6. The van der Waals surface area contributed by atoms with Gasteiger partial charge in [-0.15, -0.1) is 0 Å². The number of rotatable bonds is 1. The van der Waals surface area contributed by atoms with E-state index in [0.717, 1.165) is 0 Å². The topological polar surface area (TPSA) is 109 Å². The number of aliphatic hydroxyl groups excluding tert-OH is 2. The van der Waals surface area contributed by atoms with E-state index in [2.05, 4.69) is 0 Å². The van der Waals surface area contributed by atoms with E-state index in [4.69, 9.17) is 14.2 Å². The molecule has 1 aromatic rings. The number of ether oxygens (including phenoxy) is 3. The molecule has 2 aliphatic heterocycles. The summed E-state index contributed by atoms with van der Waals surface area (Å²) in [5.41, 5.74) is -2.71. The summed E-state index contributed by atoms with van der Waals surface area (Å²) < 4.78 is 15.5. The van der Waals surface area contributed by atoms with Gasteiger partial charge >= 0.3 is 0 Å². The molecule has 0 aromatic heterocycles. The molecule has 1 aromatic carbocycles. The first-order valence-corrected chi connectivity index (χ1v) is 6.11. The summed E-state index contributed by atoms with van der Waals surface area (Å²) in [6.07, 6.45) is -2.63. The number of hydrogen-bond donors (Lipinski definition) is 3. The minimum atomic E-state index is -1.61. The molecule has 4 atom stereocenters. The summed E-state index contributed by atoms with van der Waals surface area (Å²) in [6.45, 7) is -0.0848. The van der Waals surface area contributed by atoms with Crippen molar-refractivity contribution < 1.29 is 34.3 Å². The standard InChI is InChI=1S/C13H12O7/c1-18-5-2-6-8(7(14)3-5)10(16)13-11(17)19-4-12(13,20-13)9(6)15/h2-3,9,11,14-15,17H,4H2,1H3/t9-,11-,12+,13+/m0/s1. The SMILES string of the molecule is COc1cc(O)c2c(c1)[C@H](O)[C@]13CO[C@H](O)[C@]1(O3)C2=O. The first-order valence-electron chi connectivity index (χ1n) is 6.11. The number of phenolic OH excluding ortho intramolecular Hbond substituents is 1. The Labute approximate surface area is 113 Å². The van der Waals surface area contributed by atoms with Gasteiger partial charge in [0.1, 0.15) is 17.6 Å². The Balaban J connectivity index is 1.97. The largest absolute Gasteiger partial charge is 0.507 e. The average molecular weight is 280 g/mol. The Bertz CT molecular complexity index is 642. The monoisotopic (exact) mass is 280 g/mol. The quantitative estimate of drug-likeness (QED) is 0.594. The molecule has 2 fully saturated rings. The van der Waals surface area contributed by atoms with Crippen molar-refractivity contribution in [3.8, 4) is 11.5 Å². The van der Waals surface area contributed by atoms with Crippen LogP contribution in [0.3, 0.4) is 0 Å². The number of fused-ring (bicyclic) bond motifs is 1. The molecule has 0 bridgehead atoms. The molecule has 2 saturated heterocycles. The van der Waals surface area contributed by atoms with Crippen molar-refractivity contribution in [2.45, 2.75) is 23.6 Å². The van der Waals surface area contributed by atoms with Crippen LogP contribution in [0.15, 0.2) is 12.1 Å². The van der Waals surface area contributed by atoms with E-state index in [9.17, 15) is 20.1 Å². The molecule has 2 heterocycles. The van der Waals surface area contributed by atoms with Crippen LogP contribution in [0.2, 0.25) is 0 Å². The maximum Gasteiger partial charge on any atom is 0.216 e. The lowest BCUT2D eigenvalue weighted by atomic mass is 9.74. The summed E-state index contributed by atoms with van der Waals surface area (Å²) in [4.78, 5) is 12.6. The zero-order valence-electron chi connectivity index (χ0n) is 10.5. The van der Waals surface area contributed by atoms with Crippen LogP contribution in [0.1, 0.15) is 22.0 Å². The van der Waals surface area contributed by atoms with Crippen LogP contribution in [-0.2, 0) is 9.47 Å². The van der Waals surface area contributed by atoms with Gasteiger partial charge in [0.05, 0.1) is 19.3 Å². The maximum atomic E-state index is 12.6. The Hall–Kier alpha value is -1.67. The van der Waals surface area contributed by atoms with Crippen molar-refractivity contribution in [1.82, 2.24) is 0 Å². The van der Waals surface area contributed by atoms with Gasteiger partial charge in [-0.05, 0) is 6.07 Å². The third kappa shape index (κ3) is 1.02. The number of benzene rings is 1. The molecule has 1 aliphatic carbocycles. The number of aliphatic hydroxyl groups is 2. The van der Waals surface area contributed by atoms with Crippen molar-refractivity contribution in [2.24, 2.45) is 0 Å². The number of aromatic hydroxyl groups is 1. The van der Waals surface area contributed by atoms with Crippen LogP contribution in [0.25, 0.3) is 0 Å². The summed E-state index contributed by atoms with van der Waals surface area (Å²) in [7, 11) is 1.41. The number of hydrogen-bond acceptors (Lipinski definition) is 7. The molecule has 7 heteroatoms. The number of epoxide rings is 1. The molecular formula is C13H12O7.